The lowest BCUT2D eigenvalue weighted by Gasteiger charge is -2.10. The van der Waals surface area contributed by atoms with Crippen LogP contribution in [-0.4, -0.2) is 31.3 Å². The number of rotatable bonds is 4. The van der Waals surface area contributed by atoms with Gasteiger partial charge in [0, 0.05) is 0 Å². The van der Waals surface area contributed by atoms with Crippen molar-refractivity contribution in [2.45, 2.75) is 5.38 Å². The molecule has 0 radical (unpaired) electrons. The first-order valence-electron chi connectivity index (χ1n) is 4.61. The second-order valence-corrected chi connectivity index (χ2v) is 3.53. The van der Waals surface area contributed by atoms with E-state index in [4.69, 9.17) is 16.3 Å². The van der Waals surface area contributed by atoms with Crippen molar-refractivity contribution in [1.29, 1.82) is 0 Å². The molecule has 4 nitrogen and oxygen atoms in total. The Morgan fingerprint density at radius 2 is 2.00 bits per heavy atom. The van der Waals surface area contributed by atoms with Gasteiger partial charge in [-0.3, -0.25) is 4.79 Å². The van der Waals surface area contributed by atoms with Gasteiger partial charge in [0.05, 0.1) is 19.8 Å². The molecule has 0 bridgehead atoms. The molecule has 0 aliphatic carbocycles. The third-order valence-electron chi connectivity index (χ3n) is 2.07. The van der Waals surface area contributed by atoms with Crippen molar-refractivity contribution in [3.63, 3.8) is 0 Å². The molecule has 17 heavy (non-hydrogen) atoms. The first kappa shape index (κ1) is 13.4. The van der Waals surface area contributed by atoms with Crippen LogP contribution in [0.5, 0.6) is 5.75 Å². The first-order valence-corrected chi connectivity index (χ1v) is 5.04. The van der Waals surface area contributed by atoms with Crippen LogP contribution in [-0.2, 0) is 9.53 Å². The summed E-state index contributed by atoms with van der Waals surface area (Å²) in [6.07, 6.45) is 0. The van der Waals surface area contributed by atoms with Crippen molar-refractivity contribution in [3.05, 3.63) is 29.6 Å². The van der Waals surface area contributed by atoms with Gasteiger partial charge in [-0.2, -0.15) is 0 Å². The molecule has 1 aromatic rings. The van der Waals surface area contributed by atoms with E-state index >= 15 is 0 Å². The highest BCUT2D eigenvalue weighted by atomic mass is 35.5. The van der Waals surface area contributed by atoms with E-state index in [0.717, 1.165) is 19.2 Å². The summed E-state index contributed by atoms with van der Waals surface area (Å²) in [6.45, 7) is 0. The topological polar surface area (TPSA) is 52.6 Å². The van der Waals surface area contributed by atoms with Crippen molar-refractivity contribution in [2.24, 2.45) is 0 Å². The fourth-order valence-electron chi connectivity index (χ4n) is 1.22. The monoisotopic (exact) mass is 260 g/mol. The lowest BCUT2D eigenvalue weighted by Crippen LogP contribution is -2.26. The molecule has 0 heterocycles. The second kappa shape index (κ2) is 5.63. The average molecular weight is 261 g/mol. The predicted octanol–water partition coefficient (Wildman–Crippen LogP) is 1.80. The van der Waals surface area contributed by atoms with Crippen molar-refractivity contribution in [3.8, 4) is 5.75 Å². The molecular formula is C11H10ClFO4. The molecule has 1 unspecified atom stereocenters. The number of ketones is 1. The van der Waals surface area contributed by atoms with E-state index < -0.39 is 22.9 Å². The highest BCUT2D eigenvalue weighted by Gasteiger charge is 2.28. The van der Waals surface area contributed by atoms with Crippen LogP contribution in [0.2, 0.25) is 0 Å². The van der Waals surface area contributed by atoms with Gasteiger partial charge < -0.3 is 9.47 Å². The fourth-order valence-corrected chi connectivity index (χ4v) is 1.43. The molecule has 0 N–H and O–H groups in total. The standard InChI is InChI=1S/C11H10ClFO4/c1-16-8-4-3-6(13)5-7(8)10(14)9(12)11(15)17-2/h3-5,9H,1-2H3. The molecule has 1 aromatic carbocycles. The summed E-state index contributed by atoms with van der Waals surface area (Å²) < 4.78 is 22.2. The van der Waals surface area contributed by atoms with E-state index in [-0.39, 0.29) is 11.3 Å². The molecule has 0 saturated heterocycles. The summed E-state index contributed by atoms with van der Waals surface area (Å²) in [6, 6.07) is 3.37. The first-order chi connectivity index (χ1) is 8.01. The zero-order valence-electron chi connectivity index (χ0n) is 9.20. The van der Waals surface area contributed by atoms with Crippen LogP contribution in [0, 0.1) is 5.82 Å². The number of alkyl halides is 1. The predicted molar refractivity (Wildman–Crippen MR) is 58.9 cm³/mol. The number of hydrogen-bond acceptors (Lipinski definition) is 4. The Kier molecular flexibility index (Phi) is 4.45. The summed E-state index contributed by atoms with van der Waals surface area (Å²) in [7, 11) is 2.43. The Balaban J connectivity index is 3.10. The Bertz CT molecular complexity index is 447. The van der Waals surface area contributed by atoms with Crippen LogP contribution in [0.3, 0.4) is 0 Å². The summed E-state index contributed by atoms with van der Waals surface area (Å²) in [5.74, 6) is -2.15. The van der Waals surface area contributed by atoms with Crippen LogP contribution in [0.4, 0.5) is 4.39 Å². The van der Waals surface area contributed by atoms with Crippen LogP contribution >= 0.6 is 11.6 Å². The maximum atomic E-state index is 13.0. The van der Waals surface area contributed by atoms with E-state index in [0.29, 0.717) is 0 Å². The van der Waals surface area contributed by atoms with E-state index in [1.165, 1.54) is 13.2 Å². The minimum absolute atomic E-state index is 0.0992. The average Bonchev–Trinajstić information content (AvgIpc) is 2.35. The van der Waals surface area contributed by atoms with E-state index in [1.807, 2.05) is 0 Å². The molecule has 0 aromatic heterocycles. The third kappa shape index (κ3) is 2.94. The number of Topliss-reactive ketones (excluding diaryl/α,β-unsaturated/α-hetero) is 1. The van der Waals surface area contributed by atoms with E-state index in [1.54, 1.807) is 0 Å². The fraction of sp³-hybridized carbons (Fsp3) is 0.273. The highest BCUT2D eigenvalue weighted by Crippen LogP contribution is 2.22. The second-order valence-electron chi connectivity index (χ2n) is 3.09. The molecule has 0 saturated carbocycles. The van der Waals surface area contributed by atoms with Crippen molar-refractivity contribution >= 4 is 23.4 Å². The van der Waals surface area contributed by atoms with Crippen molar-refractivity contribution < 1.29 is 23.5 Å². The Morgan fingerprint density at radius 1 is 1.35 bits per heavy atom. The van der Waals surface area contributed by atoms with Gasteiger partial charge in [-0.1, -0.05) is 0 Å². The quantitative estimate of drug-likeness (QED) is 0.358. The maximum Gasteiger partial charge on any atom is 0.331 e. The molecule has 1 atom stereocenters. The minimum atomic E-state index is -1.52. The van der Waals surface area contributed by atoms with Gasteiger partial charge in [-0.25, -0.2) is 9.18 Å². The highest BCUT2D eigenvalue weighted by molar-refractivity contribution is 6.43. The van der Waals surface area contributed by atoms with E-state index in [9.17, 15) is 14.0 Å². The lowest BCUT2D eigenvalue weighted by molar-refractivity contribution is -0.139. The number of carbonyl (C=O) groups excluding carboxylic acids is 2. The number of methoxy groups -OCH3 is 2. The van der Waals surface area contributed by atoms with Gasteiger partial charge in [-0.05, 0) is 18.2 Å². The number of ether oxygens (including phenoxy) is 2. The normalized spacial score (nSPS) is 11.8. The number of carbonyl (C=O) groups is 2. The largest absolute Gasteiger partial charge is 0.496 e. The van der Waals surface area contributed by atoms with Crippen molar-refractivity contribution in [1.82, 2.24) is 0 Å². The molecule has 6 heteroatoms. The Hall–Kier alpha value is -1.62. The summed E-state index contributed by atoms with van der Waals surface area (Å²) >= 11 is 5.60. The SMILES string of the molecule is COC(=O)C(Cl)C(=O)c1cc(F)ccc1OC. The van der Waals surface area contributed by atoms with Gasteiger partial charge >= 0.3 is 5.97 Å². The molecule has 0 aliphatic rings. The number of benzene rings is 1. The zero-order chi connectivity index (χ0) is 13.0. The number of esters is 1. The molecular weight excluding hydrogens is 251 g/mol. The van der Waals surface area contributed by atoms with Gasteiger partial charge in [0.25, 0.3) is 0 Å². The maximum absolute atomic E-state index is 13.0. The van der Waals surface area contributed by atoms with E-state index in [2.05, 4.69) is 4.74 Å². The molecule has 92 valence electrons. The number of halogens is 2. The van der Waals surface area contributed by atoms with Gasteiger partial charge in [0.1, 0.15) is 11.6 Å². The lowest BCUT2D eigenvalue weighted by atomic mass is 10.1. The summed E-state index contributed by atoms with van der Waals surface area (Å²) in [5, 5.41) is -1.52. The third-order valence-corrected chi connectivity index (χ3v) is 2.44. The van der Waals surface area contributed by atoms with Crippen LogP contribution in [0.25, 0.3) is 0 Å². The molecule has 1 rings (SSSR count). The van der Waals surface area contributed by atoms with Crippen molar-refractivity contribution in [2.75, 3.05) is 14.2 Å². The summed E-state index contributed by atoms with van der Waals surface area (Å²) in [5.41, 5.74) is -0.0992. The Morgan fingerprint density at radius 3 is 2.53 bits per heavy atom. The molecule has 0 fully saturated rings. The molecule has 0 amide bonds. The summed E-state index contributed by atoms with van der Waals surface area (Å²) in [4.78, 5) is 22.9. The van der Waals surface area contributed by atoms with Gasteiger partial charge in [0.2, 0.25) is 0 Å². The van der Waals surface area contributed by atoms with Crippen LogP contribution in [0.15, 0.2) is 18.2 Å². The van der Waals surface area contributed by atoms with Crippen LogP contribution in [0.1, 0.15) is 10.4 Å². The zero-order valence-corrected chi connectivity index (χ0v) is 9.95. The van der Waals surface area contributed by atoms with Gasteiger partial charge in [-0.15, -0.1) is 11.6 Å². The van der Waals surface area contributed by atoms with Crippen LogP contribution < -0.4 is 4.74 Å². The molecule has 0 spiro atoms. The smallest absolute Gasteiger partial charge is 0.331 e. The minimum Gasteiger partial charge on any atom is -0.496 e. The number of hydrogen-bond donors (Lipinski definition) is 0. The van der Waals surface area contributed by atoms with Gasteiger partial charge in [0.15, 0.2) is 11.2 Å². The molecule has 0 aliphatic heterocycles. The Labute approximate surface area is 102 Å².